The summed E-state index contributed by atoms with van der Waals surface area (Å²) in [7, 11) is 0. The standard InChI is InChI=1S/C26H22F3N3O4/c1-24-19(31-35-14-15-5-3-2-4-6-15)12-25(36-24)9-10-34-23-21(25)20(24)22(33)32(23)17-8-7-16(13-30)18(11-17)26(27,28)29/h2-8,11,20-21,23H,9-10,12,14H2,1H3/t20-,21+,23+,24-,25+/m1/s1. The molecular formula is C26H22F3N3O4. The second kappa shape index (κ2) is 7.79. The Labute approximate surface area is 205 Å². The Bertz CT molecular complexity index is 1310. The normalized spacial score (nSPS) is 33.6. The molecule has 6 rings (SSSR count). The summed E-state index contributed by atoms with van der Waals surface area (Å²) >= 11 is 0. The van der Waals surface area contributed by atoms with Crippen LogP contribution in [0.3, 0.4) is 0 Å². The van der Waals surface area contributed by atoms with E-state index in [-0.39, 0.29) is 30.7 Å². The van der Waals surface area contributed by atoms with Gasteiger partial charge in [0.15, 0.2) is 0 Å². The maximum absolute atomic E-state index is 13.8. The van der Waals surface area contributed by atoms with E-state index in [0.29, 0.717) is 18.6 Å². The van der Waals surface area contributed by atoms with Gasteiger partial charge in [-0.2, -0.15) is 18.4 Å². The lowest BCUT2D eigenvalue weighted by Crippen LogP contribution is -2.52. The van der Waals surface area contributed by atoms with Crippen LogP contribution >= 0.6 is 0 Å². The molecule has 36 heavy (non-hydrogen) atoms. The summed E-state index contributed by atoms with van der Waals surface area (Å²) in [4.78, 5) is 20.7. The number of carbonyl (C=O) groups is 1. The van der Waals surface area contributed by atoms with Crippen LogP contribution in [-0.4, -0.2) is 35.7 Å². The highest BCUT2D eigenvalue weighted by Gasteiger charge is 2.77. The molecule has 1 amide bonds. The molecule has 7 nitrogen and oxygen atoms in total. The van der Waals surface area contributed by atoms with Crippen LogP contribution in [0.15, 0.2) is 53.7 Å². The molecule has 4 heterocycles. The summed E-state index contributed by atoms with van der Waals surface area (Å²) in [5.74, 6) is -1.42. The molecule has 4 fully saturated rings. The molecule has 0 N–H and O–H groups in total. The number of nitriles is 1. The minimum atomic E-state index is -4.74. The number of anilines is 1. The monoisotopic (exact) mass is 497 g/mol. The van der Waals surface area contributed by atoms with E-state index in [9.17, 15) is 18.0 Å². The van der Waals surface area contributed by atoms with Gasteiger partial charge in [0.25, 0.3) is 0 Å². The third-order valence-corrected chi connectivity index (χ3v) is 7.85. The molecule has 186 valence electrons. The minimum Gasteiger partial charge on any atom is -0.391 e. The molecular weight excluding hydrogens is 475 g/mol. The summed E-state index contributed by atoms with van der Waals surface area (Å²) < 4.78 is 53.4. The highest BCUT2D eigenvalue weighted by molar-refractivity contribution is 6.08. The van der Waals surface area contributed by atoms with E-state index in [1.165, 1.54) is 11.0 Å². The largest absolute Gasteiger partial charge is 0.417 e. The summed E-state index contributed by atoms with van der Waals surface area (Å²) in [5, 5.41) is 13.5. The van der Waals surface area contributed by atoms with Crippen molar-refractivity contribution in [3.63, 3.8) is 0 Å². The van der Waals surface area contributed by atoms with Gasteiger partial charge < -0.3 is 14.3 Å². The molecule has 0 aliphatic carbocycles. The Morgan fingerprint density at radius 1 is 1.25 bits per heavy atom. The molecule has 4 aliphatic heterocycles. The van der Waals surface area contributed by atoms with Crippen molar-refractivity contribution in [2.24, 2.45) is 17.0 Å². The average Bonchev–Trinajstić information content (AvgIpc) is 3.42. The summed E-state index contributed by atoms with van der Waals surface area (Å²) in [6.07, 6.45) is -4.50. The third-order valence-electron chi connectivity index (χ3n) is 7.85. The number of oxime groups is 1. The quantitative estimate of drug-likeness (QED) is 0.585. The SMILES string of the molecule is C[C@]12O[C@@]3(CCO[C@H]4[C@@H]3[C@@H]1C(=O)N4c1ccc(C#N)c(C(F)(F)F)c1)CC2=NOCc1ccccc1. The van der Waals surface area contributed by atoms with Crippen LogP contribution in [0.1, 0.15) is 36.5 Å². The Morgan fingerprint density at radius 3 is 2.75 bits per heavy atom. The van der Waals surface area contributed by atoms with Gasteiger partial charge in [-0.25, -0.2) is 0 Å². The molecule has 0 radical (unpaired) electrons. The fourth-order valence-electron chi connectivity index (χ4n) is 6.31. The van der Waals surface area contributed by atoms with Gasteiger partial charge in [0.05, 0.1) is 41.0 Å². The molecule has 0 unspecified atom stereocenters. The van der Waals surface area contributed by atoms with Crippen molar-refractivity contribution in [3.05, 3.63) is 65.2 Å². The van der Waals surface area contributed by atoms with E-state index in [2.05, 4.69) is 5.16 Å². The highest BCUT2D eigenvalue weighted by atomic mass is 19.4. The summed E-state index contributed by atoms with van der Waals surface area (Å²) in [6.45, 7) is 2.35. The molecule has 10 heteroatoms. The maximum Gasteiger partial charge on any atom is 0.417 e. The first-order valence-corrected chi connectivity index (χ1v) is 11.7. The number of hydrogen-bond acceptors (Lipinski definition) is 6. The number of amides is 1. The van der Waals surface area contributed by atoms with Crippen molar-refractivity contribution in [1.29, 1.82) is 5.26 Å². The molecule has 2 aromatic carbocycles. The number of hydrogen-bond donors (Lipinski definition) is 0. The number of rotatable bonds is 4. The lowest BCUT2D eigenvalue weighted by molar-refractivity contribution is -0.140. The van der Waals surface area contributed by atoms with Crippen molar-refractivity contribution in [2.75, 3.05) is 11.5 Å². The van der Waals surface area contributed by atoms with Crippen molar-refractivity contribution < 1.29 is 32.3 Å². The van der Waals surface area contributed by atoms with Crippen LogP contribution in [0.25, 0.3) is 0 Å². The number of nitrogens with zero attached hydrogens (tertiary/aromatic N) is 3. The number of fused-ring (bicyclic) bond motifs is 2. The van der Waals surface area contributed by atoms with E-state index >= 15 is 0 Å². The molecule has 0 saturated carbocycles. The Morgan fingerprint density at radius 2 is 2.03 bits per heavy atom. The van der Waals surface area contributed by atoms with Gasteiger partial charge in [0.2, 0.25) is 5.91 Å². The van der Waals surface area contributed by atoms with Crippen molar-refractivity contribution >= 4 is 17.3 Å². The van der Waals surface area contributed by atoms with Gasteiger partial charge in [0.1, 0.15) is 18.4 Å². The van der Waals surface area contributed by atoms with Crippen LogP contribution in [0.2, 0.25) is 0 Å². The van der Waals surface area contributed by atoms with E-state index in [1.807, 2.05) is 30.3 Å². The molecule has 4 saturated heterocycles. The zero-order valence-corrected chi connectivity index (χ0v) is 19.3. The van der Waals surface area contributed by atoms with Crippen LogP contribution in [0.4, 0.5) is 18.9 Å². The molecule has 1 spiro atoms. The van der Waals surface area contributed by atoms with Gasteiger partial charge in [-0.05, 0) is 30.7 Å². The number of alkyl halides is 3. The number of benzene rings is 2. The zero-order chi connectivity index (χ0) is 25.3. The van der Waals surface area contributed by atoms with Crippen LogP contribution < -0.4 is 4.90 Å². The van der Waals surface area contributed by atoms with E-state index in [1.54, 1.807) is 13.0 Å². The average molecular weight is 497 g/mol. The fraction of sp³-hybridized carbons (Fsp3) is 0.423. The lowest BCUT2D eigenvalue weighted by Gasteiger charge is -2.41. The van der Waals surface area contributed by atoms with Crippen molar-refractivity contribution in [1.82, 2.24) is 0 Å². The van der Waals surface area contributed by atoms with E-state index in [4.69, 9.17) is 19.6 Å². The Kier molecular flexibility index (Phi) is 4.98. The van der Waals surface area contributed by atoms with Crippen molar-refractivity contribution in [2.45, 2.75) is 50.0 Å². The van der Waals surface area contributed by atoms with Gasteiger partial charge in [-0.3, -0.25) is 9.69 Å². The molecule has 0 aromatic heterocycles. The lowest BCUT2D eigenvalue weighted by atomic mass is 9.65. The summed E-state index contributed by atoms with van der Waals surface area (Å²) in [6, 6.07) is 14.4. The molecule has 2 aromatic rings. The first-order chi connectivity index (χ1) is 17.2. The number of carbonyl (C=O) groups excluding carboxylic acids is 1. The highest BCUT2D eigenvalue weighted by Crippen LogP contribution is 2.64. The summed E-state index contributed by atoms with van der Waals surface area (Å²) in [5.41, 5.74) is -1.74. The van der Waals surface area contributed by atoms with Gasteiger partial charge in [0, 0.05) is 24.4 Å². The predicted octanol–water partition coefficient (Wildman–Crippen LogP) is 4.41. The second-order valence-electron chi connectivity index (χ2n) is 9.81. The number of halogens is 3. The molecule has 2 bridgehead atoms. The van der Waals surface area contributed by atoms with E-state index < -0.39 is 40.7 Å². The second-order valence-corrected chi connectivity index (χ2v) is 9.81. The fourth-order valence-corrected chi connectivity index (χ4v) is 6.31. The van der Waals surface area contributed by atoms with E-state index in [0.717, 1.165) is 17.7 Å². The first-order valence-electron chi connectivity index (χ1n) is 11.7. The Hall–Kier alpha value is -3.42. The number of ether oxygens (including phenoxy) is 2. The first kappa shape index (κ1) is 23.0. The predicted molar refractivity (Wildman–Crippen MR) is 120 cm³/mol. The van der Waals surface area contributed by atoms with Crippen LogP contribution in [-0.2, 0) is 31.9 Å². The smallest absolute Gasteiger partial charge is 0.391 e. The van der Waals surface area contributed by atoms with Gasteiger partial charge in [-0.15, -0.1) is 0 Å². The van der Waals surface area contributed by atoms with Gasteiger partial charge in [-0.1, -0.05) is 35.5 Å². The minimum absolute atomic E-state index is 0.0459. The maximum atomic E-state index is 13.8. The topological polar surface area (TPSA) is 84.2 Å². The molecule has 5 atom stereocenters. The van der Waals surface area contributed by atoms with Crippen molar-refractivity contribution in [3.8, 4) is 6.07 Å². The Balaban J connectivity index is 1.35. The van der Waals surface area contributed by atoms with Gasteiger partial charge >= 0.3 is 6.18 Å². The third kappa shape index (κ3) is 3.19. The van der Waals surface area contributed by atoms with Crippen LogP contribution in [0.5, 0.6) is 0 Å². The zero-order valence-electron chi connectivity index (χ0n) is 19.3. The van der Waals surface area contributed by atoms with Crippen LogP contribution in [0, 0.1) is 23.2 Å². The molecule has 4 aliphatic rings.